The minimum atomic E-state index is -0.402. The first kappa shape index (κ1) is 11.8. The van der Waals surface area contributed by atoms with Crippen LogP contribution in [0.4, 0.5) is 0 Å². The summed E-state index contributed by atoms with van der Waals surface area (Å²) in [6.45, 7) is 4.34. The van der Waals surface area contributed by atoms with E-state index in [4.69, 9.17) is 5.73 Å². The topological polar surface area (TPSA) is 58.9 Å². The highest BCUT2D eigenvalue weighted by molar-refractivity contribution is 6.14. The number of amides is 1. The van der Waals surface area contributed by atoms with Crippen LogP contribution in [0.2, 0.25) is 0 Å². The van der Waals surface area contributed by atoms with E-state index < -0.39 is 5.91 Å². The van der Waals surface area contributed by atoms with E-state index in [1.54, 1.807) is 6.07 Å². The standard InChI is InChI=1S/C16H16N2O/c1-9(2)10-6-7-14-13(8-10)11-4-3-5-12(16(17)19)15(11)18-14/h3-9,18H,1-2H3,(H2,17,19). The molecule has 0 aliphatic rings. The number of aromatic amines is 1. The fourth-order valence-corrected chi connectivity index (χ4v) is 2.50. The maximum absolute atomic E-state index is 11.5. The first-order valence-corrected chi connectivity index (χ1v) is 6.42. The lowest BCUT2D eigenvalue weighted by atomic mass is 10.0. The predicted molar refractivity (Wildman–Crippen MR) is 78.4 cm³/mol. The third kappa shape index (κ3) is 1.78. The summed E-state index contributed by atoms with van der Waals surface area (Å²) in [5, 5.41) is 2.19. The van der Waals surface area contributed by atoms with Gasteiger partial charge in [-0.25, -0.2) is 0 Å². The second-order valence-corrected chi connectivity index (χ2v) is 5.18. The van der Waals surface area contributed by atoms with Gasteiger partial charge in [-0.2, -0.15) is 0 Å². The molecule has 0 saturated heterocycles. The quantitative estimate of drug-likeness (QED) is 0.720. The number of hydrogen-bond acceptors (Lipinski definition) is 1. The number of primary amides is 1. The lowest BCUT2D eigenvalue weighted by Crippen LogP contribution is -2.11. The van der Waals surface area contributed by atoms with Gasteiger partial charge in [-0.05, 0) is 29.7 Å². The molecule has 19 heavy (non-hydrogen) atoms. The zero-order valence-electron chi connectivity index (χ0n) is 11.0. The predicted octanol–water partition coefficient (Wildman–Crippen LogP) is 3.54. The van der Waals surface area contributed by atoms with Gasteiger partial charge in [-0.1, -0.05) is 32.0 Å². The highest BCUT2D eigenvalue weighted by Crippen LogP contribution is 2.30. The molecule has 3 aromatic rings. The summed E-state index contributed by atoms with van der Waals surface area (Å²) in [5.41, 5.74) is 9.11. The van der Waals surface area contributed by atoms with Crippen molar-refractivity contribution >= 4 is 27.7 Å². The summed E-state index contributed by atoms with van der Waals surface area (Å²) in [6, 6.07) is 12.0. The van der Waals surface area contributed by atoms with Crippen molar-refractivity contribution in [2.45, 2.75) is 19.8 Å². The summed E-state index contributed by atoms with van der Waals surface area (Å²) in [4.78, 5) is 14.8. The van der Waals surface area contributed by atoms with Gasteiger partial charge in [0, 0.05) is 16.3 Å². The molecule has 0 atom stereocenters. The van der Waals surface area contributed by atoms with Gasteiger partial charge in [0.25, 0.3) is 5.91 Å². The number of nitrogens with two attached hydrogens (primary N) is 1. The molecule has 0 spiro atoms. The average Bonchev–Trinajstić information content (AvgIpc) is 2.75. The largest absolute Gasteiger partial charge is 0.366 e. The van der Waals surface area contributed by atoms with Crippen molar-refractivity contribution in [2.24, 2.45) is 5.73 Å². The van der Waals surface area contributed by atoms with Gasteiger partial charge in [0.05, 0.1) is 11.1 Å². The molecule has 3 N–H and O–H groups in total. The molecule has 3 rings (SSSR count). The minimum absolute atomic E-state index is 0.402. The Bertz CT molecular complexity index is 784. The zero-order chi connectivity index (χ0) is 13.6. The maximum atomic E-state index is 11.5. The van der Waals surface area contributed by atoms with E-state index in [2.05, 4.69) is 37.0 Å². The molecule has 0 aliphatic carbocycles. The summed E-state index contributed by atoms with van der Waals surface area (Å²) in [5.74, 6) is 0.0786. The van der Waals surface area contributed by atoms with Crippen molar-refractivity contribution in [3.8, 4) is 0 Å². The van der Waals surface area contributed by atoms with Crippen LogP contribution in [-0.2, 0) is 0 Å². The van der Waals surface area contributed by atoms with Crippen molar-refractivity contribution in [1.29, 1.82) is 0 Å². The van der Waals surface area contributed by atoms with Gasteiger partial charge < -0.3 is 10.7 Å². The van der Waals surface area contributed by atoms with Crippen molar-refractivity contribution < 1.29 is 4.79 Å². The van der Waals surface area contributed by atoms with Crippen LogP contribution in [0.15, 0.2) is 36.4 Å². The Morgan fingerprint density at radius 3 is 2.63 bits per heavy atom. The molecule has 96 valence electrons. The summed E-state index contributed by atoms with van der Waals surface area (Å²) >= 11 is 0. The van der Waals surface area contributed by atoms with E-state index >= 15 is 0 Å². The molecular formula is C16H16N2O. The molecule has 2 aromatic carbocycles. The van der Waals surface area contributed by atoms with E-state index in [1.165, 1.54) is 5.56 Å². The van der Waals surface area contributed by atoms with Crippen molar-refractivity contribution in [3.05, 3.63) is 47.5 Å². The molecule has 0 radical (unpaired) electrons. The molecule has 0 aliphatic heterocycles. The lowest BCUT2D eigenvalue weighted by molar-refractivity contribution is 0.100. The Morgan fingerprint density at radius 1 is 1.16 bits per heavy atom. The van der Waals surface area contributed by atoms with Gasteiger partial charge >= 0.3 is 0 Å². The Hall–Kier alpha value is -2.29. The number of fused-ring (bicyclic) bond motifs is 3. The van der Waals surface area contributed by atoms with E-state index in [-0.39, 0.29) is 0 Å². The number of H-pyrrole nitrogens is 1. The maximum Gasteiger partial charge on any atom is 0.250 e. The van der Waals surface area contributed by atoms with Crippen LogP contribution in [0.25, 0.3) is 21.8 Å². The number of carbonyl (C=O) groups is 1. The lowest BCUT2D eigenvalue weighted by Gasteiger charge is -2.04. The Kier molecular flexibility index (Phi) is 2.56. The van der Waals surface area contributed by atoms with Gasteiger partial charge in [0.1, 0.15) is 0 Å². The van der Waals surface area contributed by atoms with Crippen LogP contribution < -0.4 is 5.73 Å². The number of hydrogen-bond donors (Lipinski definition) is 2. The molecule has 3 nitrogen and oxygen atoms in total. The van der Waals surface area contributed by atoms with Crippen LogP contribution in [0.3, 0.4) is 0 Å². The molecule has 1 heterocycles. The van der Waals surface area contributed by atoms with Crippen LogP contribution in [-0.4, -0.2) is 10.9 Å². The molecule has 1 amide bonds. The Balaban J connectivity index is 2.40. The highest BCUT2D eigenvalue weighted by Gasteiger charge is 2.12. The van der Waals surface area contributed by atoms with E-state index in [0.717, 1.165) is 21.8 Å². The molecule has 1 aromatic heterocycles. The summed E-state index contributed by atoms with van der Waals surface area (Å²) in [7, 11) is 0. The SMILES string of the molecule is CC(C)c1ccc2[nH]c3c(C(N)=O)cccc3c2c1. The van der Waals surface area contributed by atoms with Crippen LogP contribution in [0, 0.1) is 0 Å². The van der Waals surface area contributed by atoms with Crippen molar-refractivity contribution in [3.63, 3.8) is 0 Å². The highest BCUT2D eigenvalue weighted by atomic mass is 16.1. The van der Waals surface area contributed by atoms with Crippen LogP contribution >= 0.6 is 0 Å². The van der Waals surface area contributed by atoms with Gasteiger partial charge in [-0.3, -0.25) is 4.79 Å². The zero-order valence-corrected chi connectivity index (χ0v) is 11.0. The number of rotatable bonds is 2. The smallest absolute Gasteiger partial charge is 0.250 e. The molecular weight excluding hydrogens is 236 g/mol. The second kappa shape index (κ2) is 4.12. The second-order valence-electron chi connectivity index (χ2n) is 5.18. The average molecular weight is 252 g/mol. The van der Waals surface area contributed by atoms with Crippen molar-refractivity contribution in [1.82, 2.24) is 4.98 Å². The molecule has 0 unspecified atom stereocenters. The fourth-order valence-electron chi connectivity index (χ4n) is 2.50. The third-order valence-electron chi connectivity index (χ3n) is 3.59. The van der Waals surface area contributed by atoms with Crippen LogP contribution in [0.5, 0.6) is 0 Å². The van der Waals surface area contributed by atoms with E-state index in [9.17, 15) is 4.79 Å². The normalized spacial score (nSPS) is 11.5. The molecule has 0 fully saturated rings. The first-order valence-electron chi connectivity index (χ1n) is 6.42. The van der Waals surface area contributed by atoms with Crippen molar-refractivity contribution in [2.75, 3.05) is 0 Å². The number of nitrogens with one attached hydrogen (secondary N) is 1. The monoisotopic (exact) mass is 252 g/mol. The van der Waals surface area contributed by atoms with Gasteiger partial charge in [0.15, 0.2) is 0 Å². The van der Waals surface area contributed by atoms with Gasteiger partial charge in [-0.15, -0.1) is 0 Å². The molecule has 0 bridgehead atoms. The third-order valence-corrected chi connectivity index (χ3v) is 3.59. The van der Waals surface area contributed by atoms with E-state index in [0.29, 0.717) is 11.5 Å². The number of para-hydroxylation sites is 1. The number of carbonyl (C=O) groups excluding carboxylic acids is 1. The fraction of sp³-hybridized carbons (Fsp3) is 0.188. The Labute approximate surface area is 111 Å². The number of benzene rings is 2. The summed E-state index contributed by atoms with van der Waals surface area (Å²) < 4.78 is 0. The number of aromatic nitrogens is 1. The summed E-state index contributed by atoms with van der Waals surface area (Å²) in [6.07, 6.45) is 0. The minimum Gasteiger partial charge on any atom is -0.366 e. The molecule has 3 heteroatoms. The van der Waals surface area contributed by atoms with Gasteiger partial charge in [0.2, 0.25) is 0 Å². The first-order chi connectivity index (χ1) is 9.08. The Morgan fingerprint density at radius 2 is 1.95 bits per heavy atom. The van der Waals surface area contributed by atoms with E-state index in [1.807, 2.05) is 12.1 Å². The molecule has 0 saturated carbocycles. The van der Waals surface area contributed by atoms with Crippen LogP contribution in [0.1, 0.15) is 35.7 Å².